The quantitative estimate of drug-likeness (QED) is 0.717. The summed E-state index contributed by atoms with van der Waals surface area (Å²) < 4.78 is 51.9. The van der Waals surface area contributed by atoms with E-state index in [1.165, 1.54) is 24.3 Å². The Morgan fingerprint density at radius 2 is 1.67 bits per heavy atom. The van der Waals surface area contributed by atoms with E-state index in [-0.39, 0.29) is 10.5 Å². The van der Waals surface area contributed by atoms with E-state index in [2.05, 4.69) is 0 Å². The zero-order chi connectivity index (χ0) is 11.7. The number of rotatable bonds is 3. The maximum Gasteiger partial charge on any atom is 0.269 e. The highest BCUT2D eigenvalue weighted by Crippen LogP contribution is 2.15. The van der Waals surface area contributed by atoms with E-state index in [1.54, 1.807) is 0 Å². The van der Waals surface area contributed by atoms with E-state index in [9.17, 15) is 16.8 Å². The average molecular weight is 251 g/mol. The molecular formula is C7H9NO5S2. The van der Waals surface area contributed by atoms with Gasteiger partial charge in [-0.05, 0) is 11.6 Å². The molecule has 15 heavy (non-hydrogen) atoms. The third kappa shape index (κ3) is 3.59. The predicted molar refractivity (Wildman–Crippen MR) is 53.1 cm³/mol. The number of primary sulfonamides is 1. The lowest BCUT2D eigenvalue weighted by atomic mass is 10.2. The van der Waals surface area contributed by atoms with Gasteiger partial charge in [0, 0.05) is 0 Å². The highest BCUT2D eigenvalue weighted by Gasteiger charge is 2.17. The first-order valence-corrected chi connectivity index (χ1v) is 6.91. The molecule has 0 heterocycles. The van der Waals surface area contributed by atoms with Crippen LogP contribution in [0.15, 0.2) is 29.2 Å². The van der Waals surface area contributed by atoms with E-state index in [0.29, 0.717) is 0 Å². The van der Waals surface area contributed by atoms with Gasteiger partial charge in [0.25, 0.3) is 10.1 Å². The largest absolute Gasteiger partial charge is 0.285 e. The topological polar surface area (TPSA) is 115 Å². The molecule has 1 aromatic rings. The minimum Gasteiger partial charge on any atom is -0.285 e. The van der Waals surface area contributed by atoms with E-state index < -0.39 is 25.9 Å². The fraction of sp³-hybridized carbons (Fsp3) is 0.143. The third-order valence-corrected chi connectivity index (χ3v) is 3.30. The molecule has 0 spiro atoms. The van der Waals surface area contributed by atoms with Crippen LogP contribution in [0.3, 0.4) is 0 Å². The molecule has 0 unspecified atom stereocenters. The zero-order valence-electron chi connectivity index (χ0n) is 7.49. The monoisotopic (exact) mass is 251 g/mol. The first kappa shape index (κ1) is 12.1. The molecule has 84 valence electrons. The maximum atomic E-state index is 11.0. The number of hydrogen-bond acceptors (Lipinski definition) is 4. The van der Waals surface area contributed by atoms with Gasteiger partial charge >= 0.3 is 0 Å². The molecule has 0 fully saturated rings. The van der Waals surface area contributed by atoms with Gasteiger partial charge in [0.2, 0.25) is 10.0 Å². The van der Waals surface area contributed by atoms with Crippen LogP contribution in [0.4, 0.5) is 0 Å². The van der Waals surface area contributed by atoms with Crippen LogP contribution in [-0.2, 0) is 25.9 Å². The Balaban J connectivity index is 3.32. The van der Waals surface area contributed by atoms with Crippen LogP contribution in [0.2, 0.25) is 0 Å². The second-order valence-corrected chi connectivity index (χ2v) is 5.86. The van der Waals surface area contributed by atoms with Crippen molar-refractivity contribution in [2.45, 2.75) is 10.6 Å². The van der Waals surface area contributed by atoms with Gasteiger partial charge in [-0.1, -0.05) is 18.2 Å². The lowest BCUT2D eigenvalue weighted by Gasteiger charge is -2.04. The molecule has 6 nitrogen and oxygen atoms in total. The van der Waals surface area contributed by atoms with Crippen molar-refractivity contribution in [1.82, 2.24) is 0 Å². The summed E-state index contributed by atoms with van der Waals surface area (Å²) in [5.41, 5.74) is -0.0532. The Morgan fingerprint density at radius 1 is 1.13 bits per heavy atom. The number of sulfonamides is 1. The molecule has 3 N–H and O–H groups in total. The normalized spacial score (nSPS) is 12.7. The SMILES string of the molecule is NS(=O)(=O)c1ccccc1CS(=O)(=O)O. The Kier molecular flexibility index (Phi) is 3.14. The lowest BCUT2D eigenvalue weighted by molar-refractivity contribution is 0.481. The molecule has 0 saturated heterocycles. The summed E-state index contributed by atoms with van der Waals surface area (Å²) in [6.45, 7) is 0. The van der Waals surface area contributed by atoms with Gasteiger partial charge in [-0.25, -0.2) is 13.6 Å². The van der Waals surface area contributed by atoms with E-state index in [4.69, 9.17) is 9.69 Å². The minimum absolute atomic E-state index is 0.0532. The zero-order valence-corrected chi connectivity index (χ0v) is 9.12. The Hall–Kier alpha value is -0.960. The number of benzene rings is 1. The summed E-state index contributed by atoms with van der Waals surface area (Å²) in [7, 11) is -8.26. The van der Waals surface area contributed by atoms with Crippen molar-refractivity contribution in [3.05, 3.63) is 29.8 Å². The smallest absolute Gasteiger partial charge is 0.269 e. The maximum absolute atomic E-state index is 11.0. The van der Waals surface area contributed by atoms with Crippen LogP contribution in [0.5, 0.6) is 0 Å². The fourth-order valence-corrected chi connectivity index (χ4v) is 2.61. The van der Waals surface area contributed by atoms with Crippen LogP contribution >= 0.6 is 0 Å². The van der Waals surface area contributed by atoms with Gasteiger partial charge in [-0.15, -0.1) is 0 Å². The number of hydrogen-bond donors (Lipinski definition) is 2. The summed E-state index contributed by atoms with van der Waals surface area (Å²) in [5, 5.41) is 4.87. The van der Waals surface area contributed by atoms with Crippen molar-refractivity contribution in [1.29, 1.82) is 0 Å². The van der Waals surface area contributed by atoms with Crippen LogP contribution in [-0.4, -0.2) is 21.4 Å². The molecule has 0 amide bonds. The molecular weight excluding hydrogens is 242 g/mol. The molecule has 0 radical (unpaired) electrons. The molecule has 0 aliphatic rings. The molecule has 1 rings (SSSR count). The molecule has 1 aromatic carbocycles. The van der Waals surface area contributed by atoms with Crippen LogP contribution in [0.25, 0.3) is 0 Å². The first-order chi connectivity index (χ1) is 6.70. The van der Waals surface area contributed by atoms with Crippen LogP contribution < -0.4 is 5.14 Å². The summed E-state index contributed by atoms with van der Waals surface area (Å²) >= 11 is 0. The van der Waals surface area contributed by atoms with Gasteiger partial charge in [-0.3, -0.25) is 4.55 Å². The van der Waals surface area contributed by atoms with Gasteiger partial charge in [0.15, 0.2) is 0 Å². The van der Waals surface area contributed by atoms with Gasteiger partial charge in [-0.2, -0.15) is 8.42 Å². The molecule has 0 aromatic heterocycles. The van der Waals surface area contributed by atoms with E-state index >= 15 is 0 Å². The first-order valence-electron chi connectivity index (χ1n) is 3.76. The molecule has 0 aliphatic heterocycles. The van der Waals surface area contributed by atoms with E-state index in [1.807, 2.05) is 0 Å². The second kappa shape index (κ2) is 3.89. The summed E-state index contributed by atoms with van der Waals surface area (Å²) in [4.78, 5) is -0.303. The predicted octanol–water partition coefficient (Wildman–Crippen LogP) is -0.278. The van der Waals surface area contributed by atoms with Crippen molar-refractivity contribution in [2.75, 3.05) is 0 Å². The Morgan fingerprint density at radius 3 is 2.13 bits per heavy atom. The lowest BCUT2D eigenvalue weighted by Crippen LogP contribution is -2.16. The third-order valence-electron chi connectivity index (χ3n) is 1.62. The van der Waals surface area contributed by atoms with Gasteiger partial charge < -0.3 is 0 Å². The van der Waals surface area contributed by atoms with Crippen molar-refractivity contribution in [2.24, 2.45) is 5.14 Å². The average Bonchev–Trinajstić information content (AvgIpc) is 1.99. The highest BCUT2D eigenvalue weighted by molar-refractivity contribution is 7.89. The minimum atomic E-state index is -4.28. The van der Waals surface area contributed by atoms with Gasteiger partial charge in [0.1, 0.15) is 5.75 Å². The number of nitrogens with two attached hydrogens (primary N) is 1. The standard InChI is InChI=1S/C7H9NO5S2/c8-15(12,13)7-4-2-1-3-6(7)5-14(9,10)11/h1-4H,5H2,(H2,8,12,13)(H,9,10,11). The molecule has 0 atom stereocenters. The highest BCUT2D eigenvalue weighted by atomic mass is 32.2. The van der Waals surface area contributed by atoms with Crippen molar-refractivity contribution >= 4 is 20.1 Å². The fourth-order valence-electron chi connectivity index (χ4n) is 1.10. The van der Waals surface area contributed by atoms with Crippen LogP contribution in [0.1, 0.15) is 5.56 Å². The Labute approximate surface area is 87.5 Å². The summed E-state index contributed by atoms with van der Waals surface area (Å²) in [6, 6.07) is 5.31. The molecule has 0 bridgehead atoms. The molecule has 8 heteroatoms. The molecule has 0 saturated carbocycles. The van der Waals surface area contributed by atoms with Crippen LogP contribution in [0, 0.1) is 0 Å². The van der Waals surface area contributed by atoms with Crippen molar-refractivity contribution < 1.29 is 21.4 Å². The summed E-state index contributed by atoms with van der Waals surface area (Å²) in [5.74, 6) is -0.778. The van der Waals surface area contributed by atoms with Crippen molar-refractivity contribution in [3.63, 3.8) is 0 Å². The second-order valence-electron chi connectivity index (χ2n) is 2.88. The van der Waals surface area contributed by atoms with Crippen molar-refractivity contribution in [3.8, 4) is 0 Å². The van der Waals surface area contributed by atoms with Gasteiger partial charge in [0.05, 0.1) is 4.90 Å². The molecule has 0 aliphatic carbocycles. The Bertz CT molecular complexity index is 561. The van der Waals surface area contributed by atoms with E-state index in [0.717, 1.165) is 0 Å². The summed E-state index contributed by atoms with van der Waals surface area (Å²) in [6.07, 6.45) is 0.